The van der Waals surface area contributed by atoms with Crippen LogP contribution < -0.4 is 10.0 Å². The third-order valence-electron chi connectivity index (χ3n) is 3.05. The SMILES string of the molecule is CCOCCS(=O)(=O)N1CCc2c(N)cccc21. The van der Waals surface area contributed by atoms with Crippen molar-refractivity contribution in [2.45, 2.75) is 13.3 Å². The number of hydrogen-bond donors (Lipinski definition) is 1. The van der Waals surface area contributed by atoms with Gasteiger partial charge in [-0.1, -0.05) is 6.07 Å². The first-order valence-electron chi connectivity index (χ1n) is 6.02. The molecule has 1 heterocycles. The molecule has 0 aliphatic carbocycles. The number of hydrogen-bond acceptors (Lipinski definition) is 4. The minimum absolute atomic E-state index is 0.00901. The van der Waals surface area contributed by atoms with Crippen molar-refractivity contribution in [2.75, 3.05) is 35.6 Å². The van der Waals surface area contributed by atoms with Crippen LogP contribution >= 0.6 is 0 Å². The van der Waals surface area contributed by atoms with Gasteiger partial charge in [0.15, 0.2) is 0 Å². The standard InChI is InChI=1S/C12H18N2O3S/c1-2-17-8-9-18(15,16)14-7-6-10-11(13)4-3-5-12(10)14/h3-5H,2,6-9,13H2,1H3. The Morgan fingerprint density at radius 2 is 2.22 bits per heavy atom. The van der Waals surface area contributed by atoms with Gasteiger partial charge in [0.05, 0.1) is 18.0 Å². The van der Waals surface area contributed by atoms with Gasteiger partial charge in [-0.25, -0.2) is 8.42 Å². The molecule has 0 unspecified atom stereocenters. The Morgan fingerprint density at radius 3 is 2.94 bits per heavy atom. The second kappa shape index (κ2) is 5.16. The van der Waals surface area contributed by atoms with Crippen LogP contribution in [0.5, 0.6) is 0 Å². The first kappa shape index (κ1) is 13.2. The summed E-state index contributed by atoms with van der Waals surface area (Å²) in [6, 6.07) is 5.39. The van der Waals surface area contributed by atoms with Crippen molar-refractivity contribution in [2.24, 2.45) is 0 Å². The maximum atomic E-state index is 12.2. The van der Waals surface area contributed by atoms with Crippen LogP contribution in [0, 0.1) is 0 Å². The molecule has 0 bridgehead atoms. The molecule has 2 rings (SSSR count). The maximum absolute atomic E-state index is 12.2. The number of sulfonamides is 1. The number of benzene rings is 1. The number of fused-ring (bicyclic) bond motifs is 1. The highest BCUT2D eigenvalue weighted by Gasteiger charge is 2.29. The lowest BCUT2D eigenvalue weighted by molar-refractivity contribution is 0.163. The first-order valence-corrected chi connectivity index (χ1v) is 7.62. The van der Waals surface area contributed by atoms with E-state index in [1.165, 1.54) is 4.31 Å². The van der Waals surface area contributed by atoms with Gasteiger partial charge in [0.1, 0.15) is 0 Å². The molecule has 0 amide bonds. The molecule has 1 aliphatic rings. The number of nitrogens with two attached hydrogens (primary N) is 1. The van der Waals surface area contributed by atoms with Crippen molar-refractivity contribution in [3.63, 3.8) is 0 Å². The van der Waals surface area contributed by atoms with Crippen molar-refractivity contribution in [1.29, 1.82) is 0 Å². The maximum Gasteiger partial charge on any atom is 0.237 e. The summed E-state index contributed by atoms with van der Waals surface area (Å²) >= 11 is 0. The third kappa shape index (κ3) is 2.44. The Labute approximate surface area is 108 Å². The zero-order valence-corrected chi connectivity index (χ0v) is 11.2. The second-order valence-electron chi connectivity index (χ2n) is 4.18. The highest BCUT2D eigenvalue weighted by Crippen LogP contribution is 2.33. The zero-order valence-electron chi connectivity index (χ0n) is 10.4. The average molecular weight is 270 g/mol. The lowest BCUT2D eigenvalue weighted by atomic mass is 10.1. The fourth-order valence-corrected chi connectivity index (χ4v) is 3.53. The molecule has 100 valence electrons. The Hall–Kier alpha value is -1.27. The number of rotatable bonds is 5. The van der Waals surface area contributed by atoms with Crippen molar-refractivity contribution >= 4 is 21.4 Å². The van der Waals surface area contributed by atoms with Crippen LogP contribution in [0.3, 0.4) is 0 Å². The van der Waals surface area contributed by atoms with E-state index in [9.17, 15) is 8.42 Å². The molecular weight excluding hydrogens is 252 g/mol. The fourth-order valence-electron chi connectivity index (χ4n) is 2.14. The highest BCUT2D eigenvalue weighted by molar-refractivity contribution is 7.92. The van der Waals surface area contributed by atoms with Crippen molar-refractivity contribution < 1.29 is 13.2 Å². The van der Waals surface area contributed by atoms with Gasteiger partial charge in [0.2, 0.25) is 10.0 Å². The summed E-state index contributed by atoms with van der Waals surface area (Å²) in [5.74, 6) is 0.00901. The quantitative estimate of drug-likeness (QED) is 0.640. The molecule has 2 N–H and O–H groups in total. The van der Waals surface area contributed by atoms with Crippen LogP contribution in [0.4, 0.5) is 11.4 Å². The van der Waals surface area contributed by atoms with Crippen LogP contribution in [0.1, 0.15) is 12.5 Å². The van der Waals surface area contributed by atoms with Crippen LogP contribution in [-0.2, 0) is 21.2 Å². The smallest absolute Gasteiger partial charge is 0.237 e. The van der Waals surface area contributed by atoms with Crippen LogP contribution in [-0.4, -0.2) is 33.9 Å². The second-order valence-corrected chi connectivity index (χ2v) is 6.19. The van der Waals surface area contributed by atoms with E-state index in [4.69, 9.17) is 10.5 Å². The molecule has 0 saturated carbocycles. The molecule has 0 fully saturated rings. The van der Waals surface area contributed by atoms with E-state index in [1.807, 2.05) is 6.92 Å². The molecule has 1 aliphatic heterocycles. The van der Waals surface area contributed by atoms with E-state index < -0.39 is 10.0 Å². The van der Waals surface area contributed by atoms with E-state index in [2.05, 4.69) is 0 Å². The van der Waals surface area contributed by atoms with Crippen LogP contribution in [0.2, 0.25) is 0 Å². The molecule has 0 saturated heterocycles. The number of anilines is 2. The summed E-state index contributed by atoms with van der Waals surface area (Å²) in [6.45, 7) is 3.07. The number of ether oxygens (including phenoxy) is 1. The Morgan fingerprint density at radius 1 is 1.44 bits per heavy atom. The molecule has 18 heavy (non-hydrogen) atoms. The molecule has 6 heteroatoms. The summed E-state index contributed by atoms with van der Waals surface area (Å²) in [6.07, 6.45) is 0.676. The minimum atomic E-state index is -3.31. The predicted octanol–water partition coefficient (Wildman–Crippen LogP) is 0.998. The Balaban J connectivity index is 2.20. The van der Waals surface area contributed by atoms with E-state index >= 15 is 0 Å². The molecule has 5 nitrogen and oxygen atoms in total. The normalized spacial score (nSPS) is 14.8. The van der Waals surface area contributed by atoms with Gasteiger partial charge < -0.3 is 10.5 Å². The zero-order chi connectivity index (χ0) is 13.2. The van der Waals surface area contributed by atoms with E-state index in [0.717, 1.165) is 5.56 Å². The van der Waals surface area contributed by atoms with Gasteiger partial charge in [0, 0.05) is 24.4 Å². The van der Waals surface area contributed by atoms with Crippen LogP contribution in [0.15, 0.2) is 18.2 Å². The lowest BCUT2D eigenvalue weighted by Gasteiger charge is -2.19. The summed E-state index contributed by atoms with van der Waals surface area (Å²) in [7, 11) is -3.31. The summed E-state index contributed by atoms with van der Waals surface area (Å²) in [5, 5.41) is 0. The van der Waals surface area contributed by atoms with Gasteiger partial charge in [-0.15, -0.1) is 0 Å². The summed E-state index contributed by atoms with van der Waals surface area (Å²) in [4.78, 5) is 0. The van der Waals surface area contributed by atoms with Gasteiger partial charge in [-0.2, -0.15) is 0 Å². The van der Waals surface area contributed by atoms with Crippen molar-refractivity contribution in [3.05, 3.63) is 23.8 Å². The predicted molar refractivity (Wildman–Crippen MR) is 72.2 cm³/mol. The Kier molecular flexibility index (Phi) is 3.77. The summed E-state index contributed by atoms with van der Waals surface area (Å²) in [5.41, 5.74) is 8.16. The molecule has 1 aromatic rings. The van der Waals surface area contributed by atoms with E-state index in [0.29, 0.717) is 30.9 Å². The minimum Gasteiger partial charge on any atom is -0.398 e. The first-order chi connectivity index (χ1) is 8.56. The lowest BCUT2D eigenvalue weighted by Crippen LogP contribution is -2.32. The Bertz CT molecular complexity index is 528. The average Bonchev–Trinajstić information content (AvgIpc) is 2.75. The highest BCUT2D eigenvalue weighted by atomic mass is 32.2. The van der Waals surface area contributed by atoms with Gasteiger partial charge in [-0.05, 0) is 25.5 Å². The van der Waals surface area contributed by atoms with Gasteiger partial charge in [-0.3, -0.25) is 4.31 Å². The van der Waals surface area contributed by atoms with Gasteiger partial charge in [0.25, 0.3) is 0 Å². The molecule has 1 aromatic carbocycles. The monoisotopic (exact) mass is 270 g/mol. The molecule has 0 aromatic heterocycles. The molecule has 0 spiro atoms. The molecular formula is C12H18N2O3S. The van der Waals surface area contributed by atoms with E-state index in [-0.39, 0.29) is 12.4 Å². The summed E-state index contributed by atoms with van der Waals surface area (Å²) < 4.78 is 30.9. The van der Waals surface area contributed by atoms with Crippen LogP contribution in [0.25, 0.3) is 0 Å². The fraction of sp³-hybridized carbons (Fsp3) is 0.500. The van der Waals surface area contributed by atoms with Crippen molar-refractivity contribution in [3.8, 4) is 0 Å². The van der Waals surface area contributed by atoms with Gasteiger partial charge >= 0.3 is 0 Å². The number of nitrogens with zero attached hydrogens (tertiary/aromatic N) is 1. The molecule has 0 radical (unpaired) electrons. The topological polar surface area (TPSA) is 72.6 Å². The number of nitrogen functional groups attached to an aromatic ring is 1. The molecule has 0 atom stereocenters. The third-order valence-corrected chi connectivity index (χ3v) is 4.78. The largest absolute Gasteiger partial charge is 0.398 e. The van der Waals surface area contributed by atoms with E-state index in [1.54, 1.807) is 18.2 Å². The van der Waals surface area contributed by atoms with Crippen molar-refractivity contribution in [1.82, 2.24) is 0 Å².